The van der Waals surface area contributed by atoms with Gasteiger partial charge in [0.05, 0.1) is 6.20 Å². The van der Waals surface area contributed by atoms with Crippen LogP contribution in [0.2, 0.25) is 0 Å². The third-order valence-corrected chi connectivity index (χ3v) is 4.06. The highest BCUT2D eigenvalue weighted by molar-refractivity contribution is 6.20. The summed E-state index contributed by atoms with van der Waals surface area (Å²) in [6.07, 6.45) is 6.59. The molecule has 1 atom stereocenters. The van der Waals surface area contributed by atoms with Gasteiger partial charge in [-0.05, 0) is 45.7 Å². The first-order valence-electron chi connectivity index (χ1n) is 6.56. The van der Waals surface area contributed by atoms with Crippen molar-refractivity contribution < 1.29 is 0 Å². The van der Waals surface area contributed by atoms with Gasteiger partial charge in [0.25, 0.3) is 0 Å². The number of nitrogens with zero attached hydrogens (tertiary/aromatic N) is 3. The topological polar surface area (TPSA) is 21.1 Å². The highest BCUT2D eigenvalue weighted by Gasteiger charge is 2.22. The Morgan fingerprint density at radius 3 is 2.71 bits per heavy atom. The maximum atomic E-state index is 6.15. The molecule has 1 aromatic rings. The smallest absolute Gasteiger partial charge is 0.0534 e. The van der Waals surface area contributed by atoms with Crippen molar-refractivity contribution in [3.8, 4) is 0 Å². The summed E-state index contributed by atoms with van der Waals surface area (Å²) in [5.41, 5.74) is 1.32. The molecule has 2 heterocycles. The van der Waals surface area contributed by atoms with Crippen LogP contribution in [-0.2, 0) is 13.1 Å². The predicted molar refractivity (Wildman–Crippen MR) is 71.2 cm³/mol. The summed E-state index contributed by atoms with van der Waals surface area (Å²) < 4.78 is 1.99. The van der Waals surface area contributed by atoms with E-state index in [0.717, 1.165) is 13.1 Å². The predicted octanol–water partition coefficient (Wildman–Crippen LogP) is 2.74. The second kappa shape index (κ2) is 5.87. The number of rotatable bonds is 4. The Kier molecular flexibility index (Phi) is 4.46. The van der Waals surface area contributed by atoms with Crippen LogP contribution in [0.1, 0.15) is 32.3 Å². The van der Waals surface area contributed by atoms with Crippen molar-refractivity contribution in [2.75, 3.05) is 13.1 Å². The largest absolute Gasteiger partial charge is 0.299 e. The molecule has 1 aromatic heterocycles. The van der Waals surface area contributed by atoms with Crippen LogP contribution in [0.15, 0.2) is 12.4 Å². The number of hydrogen-bond acceptors (Lipinski definition) is 2. The molecule has 1 fully saturated rings. The van der Waals surface area contributed by atoms with E-state index >= 15 is 0 Å². The van der Waals surface area contributed by atoms with Gasteiger partial charge in [-0.3, -0.25) is 9.58 Å². The SMILES string of the molecule is CCn1cc(CN2CCC(C(C)Cl)CC2)cn1. The Morgan fingerprint density at radius 2 is 2.18 bits per heavy atom. The molecule has 1 aliphatic heterocycles. The lowest BCUT2D eigenvalue weighted by molar-refractivity contribution is 0.176. The number of halogens is 1. The Hall–Kier alpha value is -0.540. The average Bonchev–Trinajstić information content (AvgIpc) is 2.77. The number of alkyl halides is 1. The van der Waals surface area contributed by atoms with Crippen LogP contribution in [0.25, 0.3) is 0 Å². The molecular formula is C13H22ClN3. The van der Waals surface area contributed by atoms with Gasteiger partial charge in [-0.2, -0.15) is 5.10 Å². The molecule has 0 N–H and O–H groups in total. The second-order valence-corrected chi connectivity index (χ2v) is 5.68. The molecule has 0 aromatic carbocycles. The second-order valence-electron chi connectivity index (χ2n) is 5.00. The van der Waals surface area contributed by atoms with Gasteiger partial charge in [-0.25, -0.2) is 0 Å². The Bertz CT molecular complexity index is 340. The lowest BCUT2D eigenvalue weighted by Gasteiger charge is -2.32. The zero-order valence-corrected chi connectivity index (χ0v) is 11.5. The van der Waals surface area contributed by atoms with Crippen molar-refractivity contribution in [3.63, 3.8) is 0 Å². The molecule has 1 aliphatic rings. The van der Waals surface area contributed by atoms with Gasteiger partial charge in [0.2, 0.25) is 0 Å². The van der Waals surface area contributed by atoms with E-state index in [-0.39, 0.29) is 0 Å². The molecule has 1 unspecified atom stereocenters. The van der Waals surface area contributed by atoms with Crippen LogP contribution in [-0.4, -0.2) is 33.1 Å². The monoisotopic (exact) mass is 255 g/mol. The van der Waals surface area contributed by atoms with Crippen LogP contribution in [0.3, 0.4) is 0 Å². The third-order valence-electron chi connectivity index (χ3n) is 3.70. The van der Waals surface area contributed by atoms with E-state index in [4.69, 9.17) is 11.6 Å². The summed E-state index contributed by atoms with van der Waals surface area (Å²) in [7, 11) is 0. The van der Waals surface area contributed by atoms with Crippen molar-refractivity contribution in [2.45, 2.75) is 45.2 Å². The quantitative estimate of drug-likeness (QED) is 0.772. The van der Waals surface area contributed by atoms with E-state index < -0.39 is 0 Å². The van der Waals surface area contributed by atoms with E-state index in [1.165, 1.54) is 31.5 Å². The first-order valence-corrected chi connectivity index (χ1v) is 7.00. The molecule has 0 bridgehead atoms. The van der Waals surface area contributed by atoms with E-state index in [1.54, 1.807) is 0 Å². The van der Waals surface area contributed by atoms with Crippen LogP contribution in [0.4, 0.5) is 0 Å². The van der Waals surface area contributed by atoms with Gasteiger partial charge in [-0.15, -0.1) is 11.6 Å². The fourth-order valence-corrected chi connectivity index (χ4v) is 2.74. The summed E-state index contributed by atoms with van der Waals surface area (Å²) in [6.45, 7) is 8.55. The minimum atomic E-state index is 0.319. The molecule has 2 rings (SSSR count). The zero-order valence-electron chi connectivity index (χ0n) is 10.8. The van der Waals surface area contributed by atoms with Crippen molar-refractivity contribution in [1.29, 1.82) is 0 Å². The molecule has 17 heavy (non-hydrogen) atoms. The average molecular weight is 256 g/mol. The van der Waals surface area contributed by atoms with Crippen LogP contribution in [0, 0.1) is 5.92 Å². The lowest BCUT2D eigenvalue weighted by atomic mass is 9.94. The molecule has 96 valence electrons. The number of hydrogen-bond donors (Lipinski definition) is 0. The van der Waals surface area contributed by atoms with Crippen molar-refractivity contribution >= 4 is 11.6 Å². The Morgan fingerprint density at radius 1 is 1.47 bits per heavy atom. The number of piperidine rings is 1. The molecule has 0 radical (unpaired) electrons. The minimum Gasteiger partial charge on any atom is -0.299 e. The normalized spacial score (nSPS) is 20.6. The van der Waals surface area contributed by atoms with Crippen molar-refractivity contribution in [3.05, 3.63) is 18.0 Å². The molecular weight excluding hydrogens is 234 g/mol. The van der Waals surface area contributed by atoms with E-state index in [0.29, 0.717) is 11.3 Å². The number of aromatic nitrogens is 2. The Balaban J connectivity index is 1.81. The summed E-state index contributed by atoms with van der Waals surface area (Å²) in [4.78, 5) is 2.51. The van der Waals surface area contributed by atoms with Gasteiger partial charge >= 0.3 is 0 Å². The first kappa shape index (κ1) is 12.9. The minimum absolute atomic E-state index is 0.319. The molecule has 0 aliphatic carbocycles. The summed E-state index contributed by atoms with van der Waals surface area (Å²) in [5, 5.41) is 4.63. The van der Waals surface area contributed by atoms with E-state index in [9.17, 15) is 0 Å². The highest BCUT2D eigenvalue weighted by atomic mass is 35.5. The van der Waals surface area contributed by atoms with Gasteiger partial charge in [0, 0.05) is 30.2 Å². The summed E-state index contributed by atoms with van der Waals surface area (Å²) >= 11 is 6.15. The molecule has 0 amide bonds. The number of likely N-dealkylation sites (tertiary alicyclic amines) is 1. The summed E-state index contributed by atoms with van der Waals surface area (Å²) in [6, 6.07) is 0. The molecule has 4 heteroatoms. The van der Waals surface area contributed by atoms with Gasteiger partial charge in [0.1, 0.15) is 0 Å². The van der Waals surface area contributed by atoms with Crippen LogP contribution < -0.4 is 0 Å². The Labute approximate surface area is 109 Å². The maximum Gasteiger partial charge on any atom is 0.0534 e. The van der Waals surface area contributed by atoms with Gasteiger partial charge in [-0.1, -0.05) is 0 Å². The van der Waals surface area contributed by atoms with Crippen LogP contribution in [0.5, 0.6) is 0 Å². The van der Waals surface area contributed by atoms with Crippen molar-refractivity contribution in [2.24, 2.45) is 5.92 Å². The van der Waals surface area contributed by atoms with Crippen LogP contribution >= 0.6 is 11.6 Å². The van der Waals surface area contributed by atoms with Crippen molar-refractivity contribution in [1.82, 2.24) is 14.7 Å². The van der Waals surface area contributed by atoms with Gasteiger partial charge in [0.15, 0.2) is 0 Å². The standard InChI is InChI=1S/C13H22ClN3/c1-3-17-10-12(8-15-17)9-16-6-4-13(5-7-16)11(2)14/h8,10-11,13H,3-7,9H2,1-2H3. The van der Waals surface area contributed by atoms with E-state index in [2.05, 4.69) is 30.0 Å². The molecule has 0 saturated carbocycles. The third kappa shape index (κ3) is 3.46. The van der Waals surface area contributed by atoms with Gasteiger partial charge < -0.3 is 0 Å². The fourth-order valence-electron chi connectivity index (χ4n) is 2.49. The van der Waals surface area contributed by atoms with E-state index in [1.807, 2.05) is 10.9 Å². The fraction of sp³-hybridized carbons (Fsp3) is 0.769. The number of aryl methyl sites for hydroxylation is 1. The lowest BCUT2D eigenvalue weighted by Crippen LogP contribution is -2.35. The highest BCUT2D eigenvalue weighted by Crippen LogP contribution is 2.24. The molecule has 1 saturated heterocycles. The first-order chi connectivity index (χ1) is 8.19. The zero-order chi connectivity index (χ0) is 12.3. The summed E-state index contributed by atoms with van der Waals surface area (Å²) in [5.74, 6) is 0.700. The maximum absolute atomic E-state index is 6.15. The molecule has 0 spiro atoms. The molecule has 3 nitrogen and oxygen atoms in total.